The topological polar surface area (TPSA) is 100 Å². The Morgan fingerprint density at radius 3 is 2.42 bits per heavy atom. The molecule has 0 unspecified atom stereocenters. The van der Waals surface area contributed by atoms with Crippen molar-refractivity contribution in [1.29, 1.82) is 0 Å². The Bertz CT molecular complexity index is 531. The van der Waals surface area contributed by atoms with Crippen LogP contribution < -0.4 is 5.32 Å². The maximum absolute atomic E-state index is 12.1. The molecule has 0 fully saturated rings. The van der Waals surface area contributed by atoms with Gasteiger partial charge in [0, 0.05) is 20.3 Å². The molecule has 1 rings (SSSR count). The number of ether oxygens (including phenoxy) is 4. The van der Waals surface area contributed by atoms with Gasteiger partial charge in [0.15, 0.2) is 0 Å². The molecule has 0 radical (unpaired) electrons. The molecule has 136 valence electrons. The van der Waals surface area contributed by atoms with E-state index < -0.39 is 35.5 Å². The first-order valence-corrected chi connectivity index (χ1v) is 7.70. The molecule has 1 aliphatic rings. The standard InChI is InChI=1S/C16H25NO7/c1-7-21-13(19)11(17-14(20)24-15(2,3)4)8-10-9-12(18)23-16(5,6)22-10/h9,11H,7-8H2,1-6H3,(H,17,20)/t11-/m0/s1. The zero-order valence-corrected chi connectivity index (χ0v) is 14.9. The van der Waals surface area contributed by atoms with Gasteiger partial charge in [-0.3, -0.25) is 0 Å². The van der Waals surface area contributed by atoms with Gasteiger partial charge in [0.1, 0.15) is 17.4 Å². The van der Waals surface area contributed by atoms with E-state index in [0.717, 1.165) is 6.08 Å². The first kappa shape index (κ1) is 19.8. The highest BCUT2D eigenvalue weighted by atomic mass is 16.7. The number of hydrogen-bond acceptors (Lipinski definition) is 7. The Morgan fingerprint density at radius 1 is 1.29 bits per heavy atom. The summed E-state index contributed by atoms with van der Waals surface area (Å²) in [5.74, 6) is -2.16. The Labute approximate surface area is 141 Å². The molecule has 0 aromatic heterocycles. The van der Waals surface area contributed by atoms with Gasteiger partial charge in [-0.05, 0) is 27.7 Å². The third-order valence-electron chi connectivity index (χ3n) is 2.67. The van der Waals surface area contributed by atoms with Crippen LogP contribution in [-0.4, -0.2) is 42.1 Å². The number of esters is 2. The largest absolute Gasteiger partial charge is 0.464 e. The molecule has 1 aliphatic heterocycles. The van der Waals surface area contributed by atoms with Crippen LogP contribution in [0.15, 0.2) is 11.8 Å². The smallest absolute Gasteiger partial charge is 0.408 e. The number of hydrogen-bond donors (Lipinski definition) is 1. The molecule has 1 heterocycles. The van der Waals surface area contributed by atoms with Crippen molar-refractivity contribution in [2.75, 3.05) is 6.61 Å². The number of rotatable bonds is 5. The van der Waals surface area contributed by atoms with Crippen LogP contribution in [0.3, 0.4) is 0 Å². The number of carbonyl (C=O) groups excluding carboxylic acids is 3. The molecular weight excluding hydrogens is 318 g/mol. The van der Waals surface area contributed by atoms with Crippen LogP contribution in [0.25, 0.3) is 0 Å². The molecule has 8 nitrogen and oxygen atoms in total. The van der Waals surface area contributed by atoms with Crippen LogP contribution in [-0.2, 0) is 28.5 Å². The molecule has 24 heavy (non-hydrogen) atoms. The van der Waals surface area contributed by atoms with E-state index in [1.807, 2.05) is 0 Å². The lowest BCUT2D eigenvalue weighted by atomic mass is 10.1. The highest BCUT2D eigenvalue weighted by Gasteiger charge is 2.34. The van der Waals surface area contributed by atoms with Gasteiger partial charge in [-0.1, -0.05) is 0 Å². The molecule has 0 aliphatic carbocycles. The van der Waals surface area contributed by atoms with Crippen LogP contribution in [0.5, 0.6) is 0 Å². The van der Waals surface area contributed by atoms with E-state index in [4.69, 9.17) is 18.9 Å². The molecule has 0 aromatic rings. The SMILES string of the molecule is CCOC(=O)[C@H](CC1=CC(=O)OC(C)(C)O1)NC(=O)OC(C)(C)C. The maximum atomic E-state index is 12.1. The summed E-state index contributed by atoms with van der Waals surface area (Å²) >= 11 is 0. The zero-order chi connectivity index (χ0) is 18.5. The van der Waals surface area contributed by atoms with Crippen molar-refractivity contribution >= 4 is 18.0 Å². The molecule has 1 atom stereocenters. The quantitative estimate of drug-likeness (QED) is 0.602. The number of carbonyl (C=O) groups is 3. The number of nitrogens with one attached hydrogen (secondary N) is 1. The summed E-state index contributed by atoms with van der Waals surface area (Å²) in [6.07, 6.45) is 0.309. The van der Waals surface area contributed by atoms with Gasteiger partial charge in [-0.25, -0.2) is 14.4 Å². The third-order valence-corrected chi connectivity index (χ3v) is 2.67. The molecule has 0 saturated heterocycles. The Morgan fingerprint density at radius 2 is 1.92 bits per heavy atom. The Hall–Kier alpha value is -2.25. The molecule has 0 saturated carbocycles. The van der Waals surface area contributed by atoms with E-state index in [9.17, 15) is 14.4 Å². The minimum Gasteiger partial charge on any atom is -0.464 e. The lowest BCUT2D eigenvalue weighted by Gasteiger charge is -2.31. The van der Waals surface area contributed by atoms with E-state index in [1.54, 1.807) is 41.5 Å². The van der Waals surface area contributed by atoms with Gasteiger partial charge in [0.05, 0.1) is 12.7 Å². The minimum absolute atomic E-state index is 0.0589. The van der Waals surface area contributed by atoms with Crippen molar-refractivity contribution in [2.24, 2.45) is 0 Å². The molecule has 0 bridgehead atoms. The monoisotopic (exact) mass is 343 g/mol. The van der Waals surface area contributed by atoms with Gasteiger partial charge < -0.3 is 24.3 Å². The van der Waals surface area contributed by atoms with Gasteiger partial charge in [0.25, 0.3) is 0 Å². The summed E-state index contributed by atoms with van der Waals surface area (Å²) in [6.45, 7) is 10.1. The van der Waals surface area contributed by atoms with Gasteiger partial charge in [-0.2, -0.15) is 0 Å². The van der Waals surface area contributed by atoms with E-state index in [2.05, 4.69) is 5.32 Å². The van der Waals surface area contributed by atoms with Crippen LogP contribution in [0.4, 0.5) is 4.79 Å². The lowest BCUT2D eigenvalue weighted by molar-refractivity contribution is -0.206. The molecule has 0 spiro atoms. The first-order chi connectivity index (χ1) is 10.9. The van der Waals surface area contributed by atoms with Crippen molar-refractivity contribution in [2.45, 2.75) is 65.4 Å². The summed E-state index contributed by atoms with van der Waals surface area (Å²) in [7, 11) is 0. The van der Waals surface area contributed by atoms with Gasteiger partial charge in [0.2, 0.25) is 5.79 Å². The van der Waals surface area contributed by atoms with Crippen molar-refractivity contribution in [3.8, 4) is 0 Å². The second-order valence-corrected chi connectivity index (χ2v) is 6.69. The second kappa shape index (κ2) is 7.55. The van der Waals surface area contributed by atoms with E-state index >= 15 is 0 Å². The van der Waals surface area contributed by atoms with Crippen molar-refractivity contribution < 1.29 is 33.3 Å². The third kappa shape index (κ3) is 6.89. The van der Waals surface area contributed by atoms with Crippen LogP contribution >= 0.6 is 0 Å². The lowest BCUT2D eigenvalue weighted by Crippen LogP contribution is -2.45. The van der Waals surface area contributed by atoms with E-state index in [-0.39, 0.29) is 18.8 Å². The summed E-state index contributed by atoms with van der Waals surface area (Å²) < 4.78 is 20.6. The fourth-order valence-corrected chi connectivity index (χ4v) is 1.96. The predicted molar refractivity (Wildman–Crippen MR) is 83.7 cm³/mol. The van der Waals surface area contributed by atoms with Crippen LogP contribution in [0, 0.1) is 0 Å². The minimum atomic E-state index is -1.15. The molecule has 0 aromatic carbocycles. The van der Waals surface area contributed by atoms with Gasteiger partial charge in [-0.15, -0.1) is 0 Å². The molecule has 1 amide bonds. The second-order valence-electron chi connectivity index (χ2n) is 6.69. The van der Waals surface area contributed by atoms with Gasteiger partial charge >= 0.3 is 18.0 Å². The summed E-state index contributed by atoms with van der Waals surface area (Å²) in [5.41, 5.74) is -0.713. The van der Waals surface area contributed by atoms with Crippen molar-refractivity contribution in [1.82, 2.24) is 5.32 Å². The zero-order valence-electron chi connectivity index (χ0n) is 14.9. The summed E-state index contributed by atoms with van der Waals surface area (Å²) in [4.78, 5) is 35.6. The van der Waals surface area contributed by atoms with Crippen LogP contribution in [0.1, 0.15) is 48.0 Å². The number of alkyl carbamates (subject to hydrolysis) is 1. The summed E-state index contributed by atoms with van der Waals surface area (Å²) in [5, 5.41) is 2.44. The van der Waals surface area contributed by atoms with Crippen molar-refractivity contribution in [3.63, 3.8) is 0 Å². The average molecular weight is 343 g/mol. The van der Waals surface area contributed by atoms with E-state index in [0.29, 0.717) is 0 Å². The Kier molecular flexibility index (Phi) is 6.22. The van der Waals surface area contributed by atoms with Crippen molar-refractivity contribution in [3.05, 3.63) is 11.8 Å². The molecule has 1 N–H and O–H groups in total. The molecular formula is C16H25NO7. The van der Waals surface area contributed by atoms with Crippen LogP contribution in [0.2, 0.25) is 0 Å². The van der Waals surface area contributed by atoms with E-state index in [1.165, 1.54) is 0 Å². The number of cyclic esters (lactones) is 1. The number of amides is 1. The predicted octanol–water partition coefficient (Wildman–Crippen LogP) is 2.03. The fraction of sp³-hybridized carbons (Fsp3) is 0.688. The fourth-order valence-electron chi connectivity index (χ4n) is 1.96. The summed E-state index contributed by atoms with van der Waals surface area (Å²) in [6, 6.07) is -1.05. The Balaban J connectivity index is 2.85. The highest BCUT2D eigenvalue weighted by molar-refractivity contribution is 5.85. The normalized spacial score (nSPS) is 17.8. The average Bonchev–Trinajstić information content (AvgIpc) is 2.33. The maximum Gasteiger partial charge on any atom is 0.408 e. The highest BCUT2D eigenvalue weighted by Crippen LogP contribution is 2.25. The first-order valence-electron chi connectivity index (χ1n) is 7.70. The molecule has 8 heteroatoms.